The number of likely N-dealkylation sites (N-methyl/N-ethyl adjacent to an activating group) is 1. The SMILES string of the molecule is CCNC(Cc1ccc(F)cc1F)c1cccnc1OC. The van der Waals surface area contributed by atoms with Gasteiger partial charge in [0.2, 0.25) is 5.88 Å². The normalized spacial score (nSPS) is 12.2. The van der Waals surface area contributed by atoms with Crippen LogP contribution in [0.4, 0.5) is 8.78 Å². The predicted octanol–water partition coefficient (Wildman–Crippen LogP) is 3.26. The van der Waals surface area contributed by atoms with Crippen LogP contribution >= 0.6 is 0 Å². The van der Waals surface area contributed by atoms with Crippen molar-refractivity contribution in [3.8, 4) is 5.88 Å². The Balaban J connectivity index is 2.30. The summed E-state index contributed by atoms with van der Waals surface area (Å²) in [5.74, 6) is -0.609. The van der Waals surface area contributed by atoms with Crippen molar-refractivity contribution in [1.29, 1.82) is 0 Å². The minimum atomic E-state index is -0.574. The van der Waals surface area contributed by atoms with Gasteiger partial charge in [0, 0.05) is 23.9 Å². The second-order valence-corrected chi connectivity index (χ2v) is 4.65. The van der Waals surface area contributed by atoms with Crippen molar-refractivity contribution in [1.82, 2.24) is 10.3 Å². The summed E-state index contributed by atoms with van der Waals surface area (Å²) < 4.78 is 32.1. The van der Waals surface area contributed by atoms with Crippen LogP contribution in [-0.4, -0.2) is 18.6 Å². The monoisotopic (exact) mass is 292 g/mol. The molecule has 1 aromatic heterocycles. The Morgan fingerprint density at radius 3 is 2.76 bits per heavy atom. The quantitative estimate of drug-likeness (QED) is 0.887. The highest BCUT2D eigenvalue weighted by Crippen LogP contribution is 2.26. The number of methoxy groups -OCH3 is 1. The summed E-state index contributed by atoms with van der Waals surface area (Å²) in [5.41, 5.74) is 1.30. The molecule has 0 bridgehead atoms. The third kappa shape index (κ3) is 3.76. The van der Waals surface area contributed by atoms with E-state index in [1.165, 1.54) is 12.1 Å². The first-order valence-electron chi connectivity index (χ1n) is 6.82. The molecular weight excluding hydrogens is 274 g/mol. The summed E-state index contributed by atoms with van der Waals surface area (Å²) in [5, 5.41) is 3.28. The Kier molecular flexibility index (Phi) is 5.22. The molecule has 0 fully saturated rings. The van der Waals surface area contributed by atoms with Gasteiger partial charge in [-0.3, -0.25) is 0 Å². The van der Waals surface area contributed by atoms with Gasteiger partial charge in [-0.1, -0.05) is 19.1 Å². The zero-order chi connectivity index (χ0) is 15.2. The van der Waals surface area contributed by atoms with Crippen molar-refractivity contribution in [3.05, 3.63) is 59.3 Å². The Bertz CT molecular complexity index is 605. The first-order chi connectivity index (χ1) is 10.2. The van der Waals surface area contributed by atoms with Gasteiger partial charge in [0.05, 0.1) is 7.11 Å². The number of rotatable bonds is 6. The smallest absolute Gasteiger partial charge is 0.217 e. The summed E-state index contributed by atoms with van der Waals surface area (Å²) in [6, 6.07) is 7.18. The third-order valence-electron chi connectivity index (χ3n) is 3.26. The molecule has 0 saturated heterocycles. The highest BCUT2D eigenvalue weighted by molar-refractivity contribution is 5.31. The van der Waals surface area contributed by atoms with Crippen LogP contribution in [0.3, 0.4) is 0 Å². The molecule has 0 aliphatic heterocycles. The molecule has 5 heteroatoms. The summed E-state index contributed by atoms with van der Waals surface area (Å²) >= 11 is 0. The van der Waals surface area contributed by atoms with Crippen LogP contribution in [-0.2, 0) is 6.42 Å². The highest BCUT2D eigenvalue weighted by Gasteiger charge is 2.18. The zero-order valence-corrected chi connectivity index (χ0v) is 12.1. The van der Waals surface area contributed by atoms with Gasteiger partial charge in [0.15, 0.2) is 0 Å². The standard InChI is InChI=1S/C16H18F2N2O/c1-3-19-15(13-5-4-8-20-16(13)21-2)9-11-6-7-12(17)10-14(11)18/h4-8,10,15,19H,3,9H2,1-2H3. The highest BCUT2D eigenvalue weighted by atomic mass is 19.1. The summed E-state index contributed by atoms with van der Waals surface area (Å²) in [6.07, 6.45) is 2.03. The van der Waals surface area contributed by atoms with Crippen molar-refractivity contribution in [2.45, 2.75) is 19.4 Å². The number of pyridine rings is 1. The Morgan fingerprint density at radius 2 is 2.10 bits per heavy atom. The average Bonchev–Trinajstić information content (AvgIpc) is 2.49. The van der Waals surface area contributed by atoms with E-state index in [4.69, 9.17) is 4.74 Å². The lowest BCUT2D eigenvalue weighted by atomic mass is 9.99. The van der Waals surface area contributed by atoms with Crippen molar-refractivity contribution >= 4 is 0 Å². The fraction of sp³-hybridized carbons (Fsp3) is 0.312. The van der Waals surface area contributed by atoms with Crippen molar-refractivity contribution in [2.24, 2.45) is 0 Å². The molecule has 2 rings (SSSR count). The number of ether oxygens (including phenoxy) is 1. The van der Waals surface area contributed by atoms with E-state index in [0.717, 1.165) is 11.6 Å². The summed E-state index contributed by atoms with van der Waals surface area (Å²) in [6.45, 7) is 2.68. The summed E-state index contributed by atoms with van der Waals surface area (Å²) in [4.78, 5) is 4.16. The molecule has 0 radical (unpaired) electrons. The molecule has 0 amide bonds. The van der Waals surface area contributed by atoms with Crippen LogP contribution in [0.15, 0.2) is 36.5 Å². The van der Waals surface area contributed by atoms with E-state index in [1.807, 2.05) is 19.1 Å². The van der Waals surface area contributed by atoms with Gasteiger partial charge in [-0.05, 0) is 30.7 Å². The maximum absolute atomic E-state index is 13.8. The van der Waals surface area contributed by atoms with Gasteiger partial charge in [-0.25, -0.2) is 13.8 Å². The minimum Gasteiger partial charge on any atom is -0.481 e. The van der Waals surface area contributed by atoms with E-state index >= 15 is 0 Å². The van der Waals surface area contributed by atoms with Crippen LogP contribution < -0.4 is 10.1 Å². The molecule has 1 unspecified atom stereocenters. The van der Waals surface area contributed by atoms with E-state index in [0.29, 0.717) is 24.4 Å². The molecular formula is C16H18F2N2O. The average molecular weight is 292 g/mol. The molecule has 1 N–H and O–H groups in total. The van der Waals surface area contributed by atoms with Crippen LogP contribution in [0.25, 0.3) is 0 Å². The van der Waals surface area contributed by atoms with Crippen LogP contribution in [0.1, 0.15) is 24.1 Å². The maximum atomic E-state index is 13.8. The minimum absolute atomic E-state index is 0.154. The van der Waals surface area contributed by atoms with Gasteiger partial charge in [-0.2, -0.15) is 0 Å². The first kappa shape index (κ1) is 15.4. The van der Waals surface area contributed by atoms with Crippen LogP contribution in [0.2, 0.25) is 0 Å². The van der Waals surface area contributed by atoms with Crippen molar-refractivity contribution < 1.29 is 13.5 Å². The number of nitrogens with zero attached hydrogens (tertiary/aromatic N) is 1. The molecule has 1 aromatic carbocycles. The Labute approximate surface area is 123 Å². The molecule has 0 saturated carbocycles. The Hall–Kier alpha value is -2.01. The lowest BCUT2D eigenvalue weighted by Crippen LogP contribution is -2.24. The van der Waals surface area contributed by atoms with Gasteiger partial charge in [0.25, 0.3) is 0 Å². The van der Waals surface area contributed by atoms with E-state index in [1.54, 1.807) is 13.3 Å². The largest absolute Gasteiger partial charge is 0.481 e. The van der Waals surface area contributed by atoms with Crippen molar-refractivity contribution in [3.63, 3.8) is 0 Å². The third-order valence-corrected chi connectivity index (χ3v) is 3.26. The molecule has 1 heterocycles. The van der Waals surface area contributed by atoms with E-state index in [9.17, 15) is 8.78 Å². The molecule has 2 aromatic rings. The lowest BCUT2D eigenvalue weighted by molar-refractivity contribution is 0.382. The summed E-state index contributed by atoms with van der Waals surface area (Å²) in [7, 11) is 1.55. The molecule has 3 nitrogen and oxygen atoms in total. The van der Waals surface area contributed by atoms with Gasteiger partial charge < -0.3 is 10.1 Å². The number of hydrogen-bond donors (Lipinski definition) is 1. The fourth-order valence-corrected chi connectivity index (χ4v) is 2.28. The molecule has 21 heavy (non-hydrogen) atoms. The lowest BCUT2D eigenvalue weighted by Gasteiger charge is -2.20. The predicted molar refractivity (Wildman–Crippen MR) is 77.3 cm³/mol. The molecule has 0 spiro atoms. The number of aromatic nitrogens is 1. The number of halogens is 2. The fourth-order valence-electron chi connectivity index (χ4n) is 2.28. The van der Waals surface area contributed by atoms with E-state index in [-0.39, 0.29) is 6.04 Å². The molecule has 1 atom stereocenters. The number of hydrogen-bond acceptors (Lipinski definition) is 3. The van der Waals surface area contributed by atoms with Gasteiger partial charge in [-0.15, -0.1) is 0 Å². The van der Waals surface area contributed by atoms with Crippen LogP contribution in [0, 0.1) is 11.6 Å². The second-order valence-electron chi connectivity index (χ2n) is 4.65. The van der Waals surface area contributed by atoms with Crippen molar-refractivity contribution in [2.75, 3.05) is 13.7 Å². The van der Waals surface area contributed by atoms with E-state index < -0.39 is 11.6 Å². The topological polar surface area (TPSA) is 34.2 Å². The molecule has 112 valence electrons. The van der Waals surface area contributed by atoms with Gasteiger partial charge >= 0.3 is 0 Å². The Morgan fingerprint density at radius 1 is 1.29 bits per heavy atom. The molecule has 0 aliphatic carbocycles. The van der Waals surface area contributed by atoms with Gasteiger partial charge in [0.1, 0.15) is 11.6 Å². The maximum Gasteiger partial charge on any atom is 0.217 e. The molecule has 0 aliphatic rings. The van der Waals surface area contributed by atoms with E-state index in [2.05, 4.69) is 10.3 Å². The first-order valence-corrected chi connectivity index (χ1v) is 6.82. The number of benzene rings is 1. The second kappa shape index (κ2) is 7.13. The zero-order valence-electron chi connectivity index (χ0n) is 12.1. The van der Waals surface area contributed by atoms with Crippen LogP contribution in [0.5, 0.6) is 5.88 Å². The number of nitrogens with one attached hydrogen (secondary N) is 1.